The van der Waals surface area contributed by atoms with E-state index < -0.39 is 0 Å². The van der Waals surface area contributed by atoms with Gasteiger partial charge in [0.15, 0.2) is 0 Å². The van der Waals surface area contributed by atoms with Crippen molar-refractivity contribution >= 4 is 45.6 Å². The molecule has 3 fully saturated rings. The first-order chi connectivity index (χ1) is 14.0. The summed E-state index contributed by atoms with van der Waals surface area (Å²) >= 11 is 1.31. The molecule has 0 radical (unpaired) electrons. The molecule has 3 saturated heterocycles. The predicted octanol–water partition coefficient (Wildman–Crippen LogP) is 2.19. The van der Waals surface area contributed by atoms with E-state index in [1.54, 1.807) is 11.9 Å². The van der Waals surface area contributed by atoms with Crippen molar-refractivity contribution in [3.05, 3.63) is 23.9 Å². The largest absolute Gasteiger partial charge is 0.483 e. The minimum atomic E-state index is -0.250. The van der Waals surface area contributed by atoms with Gasteiger partial charge in [0.25, 0.3) is 12.4 Å². The van der Waals surface area contributed by atoms with Gasteiger partial charge in [-0.15, -0.1) is 0 Å². The maximum atomic E-state index is 12.8. The van der Waals surface area contributed by atoms with Crippen molar-refractivity contribution in [2.75, 3.05) is 31.6 Å². The molecule has 0 aliphatic carbocycles. The van der Waals surface area contributed by atoms with Crippen molar-refractivity contribution in [1.29, 1.82) is 0 Å². The van der Waals surface area contributed by atoms with E-state index in [1.807, 2.05) is 25.1 Å². The second-order valence-corrected chi connectivity index (χ2v) is 8.15. The lowest BCUT2D eigenvalue weighted by Gasteiger charge is -2.44. The van der Waals surface area contributed by atoms with E-state index in [4.69, 9.17) is 9.90 Å². The number of piperidine rings is 3. The van der Waals surface area contributed by atoms with Crippen LogP contribution in [0.4, 0.5) is 5.69 Å². The number of fused-ring (bicyclic) bond motifs is 4. The van der Waals surface area contributed by atoms with Crippen LogP contribution >= 0.6 is 11.5 Å². The number of anilines is 1. The van der Waals surface area contributed by atoms with E-state index in [2.05, 4.69) is 14.6 Å². The van der Waals surface area contributed by atoms with Crippen LogP contribution in [0.5, 0.6) is 0 Å². The van der Waals surface area contributed by atoms with Gasteiger partial charge in [0.1, 0.15) is 5.69 Å². The zero-order valence-corrected chi connectivity index (χ0v) is 17.4. The molecule has 156 valence electrons. The third-order valence-corrected chi connectivity index (χ3v) is 6.52. The number of nitrogens with one attached hydrogen (secondary N) is 1. The number of carbonyl (C=O) groups excluding carboxylic acids is 2. The summed E-state index contributed by atoms with van der Waals surface area (Å²) in [6, 6.07) is 5.95. The summed E-state index contributed by atoms with van der Waals surface area (Å²) in [5.74, 6) is 0.573. The second kappa shape index (κ2) is 9.32. The summed E-state index contributed by atoms with van der Waals surface area (Å²) < 4.78 is 5.33. The molecule has 4 heterocycles. The minimum Gasteiger partial charge on any atom is -0.483 e. The summed E-state index contributed by atoms with van der Waals surface area (Å²) in [6.07, 6.45) is 2.80. The quantitative estimate of drug-likeness (QED) is 0.738. The predicted molar refractivity (Wildman–Crippen MR) is 112 cm³/mol. The van der Waals surface area contributed by atoms with Gasteiger partial charge in [0, 0.05) is 37.1 Å². The van der Waals surface area contributed by atoms with Crippen molar-refractivity contribution in [2.45, 2.75) is 32.2 Å². The van der Waals surface area contributed by atoms with Crippen LogP contribution < -0.4 is 10.2 Å². The first kappa shape index (κ1) is 21.2. The van der Waals surface area contributed by atoms with Crippen molar-refractivity contribution in [2.24, 2.45) is 5.92 Å². The van der Waals surface area contributed by atoms with Crippen LogP contribution in [0.2, 0.25) is 0 Å². The van der Waals surface area contributed by atoms with E-state index in [9.17, 15) is 9.59 Å². The van der Waals surface area contributed by atoms with Crippen LogP contribution in [-0.4, -0.2) is 65.4 Å². The molecule has 2 bridgehead atoms. The zero-order valence-electron chi connectivity index (χ0n) is 16.6. The number of aromatic nitrogens is 1. The first-order valence-electron chi connectivity index (χ1n) is 9.75. The Hall–Kier alpha value is -2.52. The Bertz CT molecular complexity index is 892. The summed E-state index contributed by atoms with van der Waals surface area (Å²) in [4.78, 5) is 37.1. The number of nitrogens with zero attached hydrogens (tertiary/aromatic N) is 3. The Labute approximate surface area is 173 Å². The van der Waals surface area contributed by atoms with Crippen LogP contribution in [-0.2, 0) is 9.59 Å². The molecule has 0 spiro atoms. The molecule has 2 N–H and O–H groups in total. The monoisotopic (exact) mass is 418 g/mol. The lowest BCUT2D eigenvalue weighted by Crippen LogP contribution is -2.57. The van der Waals surface area contributed by atoms with Gasteiger partial charge in [-0.2, -0.15) is 4.37 Å². The smallest absolute Gasteiger partial charge is 0.290 e. The number of rotatable bonds is 4. The molecule has 29 heavy (non-hydrogen) atoms. The highest BCUT2D eigenvalue weighted by Gasteiger charge is 2.35. The van der Waals surface area contributed by atoms with E-state index in [-0.39, 0.29) is 24.3 Å². The highest BCUT2D eigenvalue weighted by Crippen LogP contribution is 2.30. The first-order valence-corrected chi connectivity index (χ1v) is 10.5. The maximum absolute atomic E-state index is 12.8. The number of hydrogen-bond donors (Lipinski definition) is 2. The van der Waals surface area contributed by atoms with Crippen molar-refractivity contribution in [1.82, 2.24) is 14.6 Å². The zero-order chi connectivity index (χ0) is 21.0. The Balaban J connectivity index is 0.000000755. The summed E-state index contributed by atoms with van der Waals surface area (Å²) in [7, 11) is 1.77. The van der Waals surface area contributed by atoms with E-state index in [1.165, 1.54) is 24.4 Å². The fourth-order valence-corrected chi connectivity index (χ4v) is 4.85. The standard InChI is InChI=1S/C19H24N4O2S.CH2O2/c1-3-17(24)22(2)13-4-5-14-16(10-13)26-21-18(14)19(25)20-15-11-23-8-6-12(15)7-9-23;2-1-3/h4-5,10,12,15H,3,6-9,11H2,1-2H3,(H,20,25);1H,(H,2,3)/t15-;/m1./s1. The van der Waals surface area contributed by atoms with Gasteiger partial charge in [-0.05, 0) is 61.6 Å². The normalized spacial score (nSPS) is 22.5. The summed E-state index contributed by atoms with van der Waals surface area (Å²) in [6.45, 7) is 4.86. The molecule has 3 aliphatic heterocycles. The van der Waals surface area contributed by atoms with Crippen LogP contribution in [0.1, 0.15) is 36.7 Å². The SMILES string of the molecule is CCC(=O)N(C)c1ccc2c(C(=O)N[C@@H]3CN4CCC3CC4)nsc2c1.O=CO. The molecule has 1 aromatic heterocycles. The third kappa shape index (κ3) is 4.56. The Morgan fingerprint density at radius 1 is 1.38 bits per heavy atom. The molecule has 0 saturated carbocycles. The van der Waals surface area contributed by atoms with E-state index in [0.717, 1.165) is 35.4 Å². The third-order valence-electron chi connectivity index (χ3n) is 5.71. The number of benzene rings is 1. The average Bonchev–Trinajstić information content (AvgIpc) is 3.17. The highest BCUT2D eigenvalue weighted by molar-refractivity contribution is 7.13. The molecule has 0 unspecified atom stereocenters. The highest BCUT2D eigenvalue weighted by atomic mass is 32.1. The lowest BCUT2D eigenvalue weighted by molar-refractivity contribution is -0.123. The summed E-state index contributed by atoms with van der Waals surface area (Å²) in [5.41, 5.74) is 1.33. The number of amides is 2. The molecule has 3 aliphatic rings. The van der Waals surface area contributed by atoms with Gasteiger partial charge in [0.05, 0.1) is 4.70 Å². The van der Waals surface area contributed by atoms with Gasteiger partial charge in [-0.25, -0.2) is 0 Å². The van der Waals surface area contributed by atoms with Crippen molar-refractivity contribution < 1.29 is 19.5 Å². The average molecular weight is 419 g/mol. The van der Waals surface area contributed by atoms with E-state index in [0.29, 0.717) is 18.0 Å². The van der Waals surface area contributed by atoms with Gasteiger partial charge >= 0.3 is 0 Å². The number of hydrogen-bond acceptors (Lipinski definition) is 6. The maximum Gasteiger partial charge on any atom is 0.290 e. The van der Waals surface area contributed by atoms with Crippen LogP contribution in [0.25, 0.3) is 10.1 Å². The molecule has 8 nitrogen and oxygen atoms in total. The molecule has 1 aromatic carbocycles. The van der Waals surface area contributed by atoms with E-state index >= 15 is 0 Å². The fourth-order valence-electron chi connectivity index (χ4n) is 4.05. The Morgan fingerprint density at radius 2 is 2.07 bits per heavy atom. The minimum absolute atomic E-state index is 0.0641. The van der Waals surface area contributed by atoms with Crippen molar-refractivity contribution in [3.8, 4) is 0 Å². The van der Waals surface area contributed by atoms with Gasteiger partial charge in [-0.3, -0.25) is 14.4 Å². The molecule has 2 aromatic rings. The van der Waals surface area contributed by atoms with Gasteiger partial charge in [-0.1, -0.05) is 6.92 Å². The topological polar surface area (TPSA) is 103 Å². The Kier molecular flexibility index (Phi) is 6.81. The lowest BCUT2D eigenvalue weighted by atomic mass is 9.84. The molecule has 9 heteroatoms. The molecule has 1 atom stereocenters. The van der Waals surface area contributed by atoms with Crippen LogP contribution in [0.15, 0.2) is 18.2 Å². The van der Waals surface area contributed by atoms with Crippen LogP contribution in [0, 0.1) is 5.92 Å². The fraction of sp³-hybridized carbons (Fsp3) is 0.500. The Morgan fingerprint density at radius 3 is 2.66 bits per heavy atom. The second-order valence-electron chi connectivity index (χ2n) is 7.34. The van der Waals surface area contributed by atoms with Gasteiger partial charge < -0.3 is 20.2 Å². The van der Waals surface area contributed by atoms with Crippen LogP contribution in [0.3, 0.4) is 0 Å². The van der Waals surface area contributed by atoms with Gasteiger partial charge in [0.2, 0.25) is 5.91 Å². The molecular weight excluding hydrogens is 392 g/mol. The number of carboxylic acid groups (broad SMARTS) is 1. The molecule has 2 amide bonds. The molecule has 5 rings (SSSR count). The number of carbonyl (C=O) groups is 3. The molecular formula is C20H26N4O4S. The van der Waals surface area contributed by atoms with Crippen molar-refractivity contribution in [3.63, 3.8) is 0 Å². The summed E-state index contributed by atoms with van der Waals surface area (Å²) in [5, 5.41) is 11.0.